The van der Waals surface area contributed by atoms with Crippen LogP contribution in [0.4, 0.5) is 5.69 Å². The molecule has 0 amide bonds. The summed E-state index contributed by atoms with van der Waals surface area (Å²) < 4.78 is 37.3. The van der Waals surface area contributed by atoms with Crippen molar-refractivity contribution in [3.63, 3.8) is 0 Å². The van der Waals surface area contributed by atoms with Crippen molar-refractivity contribution in [2.24, 2.45) is 0 Å². The zero-order chi connectivity index (χ0) is 27.2. The molecule has 190 valence electrons. The maximum Gasteiger partial charge on any atom is 0.318 e. The summed E-state index contributed by atoms with van der Waals surface area (Å²) in [5.41, 5.74) is 8.22. The standard InChI is InChI=1S/C27H24N2O7S/c1-17(27(32)19-10-12-21(13-11-19)37(33,34)29-16-26(30)31)22-14-20(24(35-2)15-25(22)36-3)9-8-18-6-4-5-7-23(18)28/h4-7,10-15,29H,1,16,28H2,2-3H3,(H,30,31). The van der Waals surface area contributed by atoms with E-state index < -0.39 is 28.3 Å². The van der Waals surface area contributed by atoms with Crippen LogP contribution in [0.3, 0.4) is 0 Å². The molecule has 3 aromatic rings. The number of nitrogens with one attached hydrogen (secondary N) is 1. The molecule has 0 atom stereocenters. The van der Waals surface area contributed by atoms with Gasteiger partial charge in [-0.3, -0.25) is 9.59 Å². The minimum atomic E-state index is -4.05. The summed E-state index contributed by atoms with van der Waals surface area (Å²) in [5, 5.41) is 8.70. The van der Waals surface area contributed by atoms with Crippen molar-refractivity contribution < 1.29 is 32.6 Å². The summed E-state index contributed by atoms with van der Waals surface area (Å²) in [7, 11) is -1.13. The smallest absolute Gasteiger partial charge is 0.318 e. The monoisotopic (exact) mass is 520 g/mol. The van der Waals surface area contributed by atoms with Crippen molar-refractivity contribution >= 4 is 33.0 Å². The number of hydrogen-bond acceptors (Lipinski definition) is 7. The summed E-state index contributed by atoms with van der Waals surface area (Å²) in [6, 6.07) is 15.4. The van der Waals surface area contributed by atoms with Crippen LogP contribution in [-0.2, 0) is 14.8 Å². The van der Waals surface area contributed by atoms with Crippen LogP contribution in [0.5, 0.6) is 11.5 Å². The number of ketones is 1. The van der Waals surface area contributed by atoms with E-state index in [1.807, 2.05) is 10.8 Å². The maximum absolute atomic E-state index is 13.2. The zero-order valence-corrected chi connectivity index (χ0v) is 20.9. The minimum Gasteiger partial charge on any atom is -0.496 e. The predicted octanol–water partition coefficient (Wildman–Crippen LogP) is 2.94. The molecule has 0 radical (unpaired) electrons. The molecule has 10 heteroatoms. The third kappa shape index (κ3) is 6.35. The second-order valence-electron chi connectivity index (χ2n) is 7.64. The van der Waals surface area contributed by atoms with Crippen LogP contribution in [0, 0.1) is 11.8 Å². The summed E-state index contributed by atoms with van der Waals surface area (Å²) >= 11 is 0. The molecule has 0 saturated carbocycles. The first-order valence-corrected chi connectivity index (χ1v) is 12.2. The number of hydrogen-bond donors (Lipinski definition) is 3. The first-order chi connectivity index (χ1) is 17.6. The molecule has 0 bridgehead atoms. The number of para-hydroxylation sites is 1. The Morgan fingerprint density at radius 2 is 1.59 bits per heavy atom. The lowest BCUT2D eigenvalue weighted by Gasteiger charge is -2.14. The van der Waals surface area contributed by atoms with Gasteiger partial charge in [0.05, 0.1) is 24.7 Å². The summed E-state index contributed by atoms with van der Waals surface area (Å²) in [5.74, 6) is 4.96. The molecule has 3 aromatic carbocycles. The molecule has 9 nitrogen and oxygen atoms in total. The molecular weight excluding hydrogens is 496 g/mol. The van der Waals surface area contributed by atoms with Crippen molar-refractivity contribution in [2.45, 2.75) is 4.90 Å². The summed E-state index contributed by atoms with van der Waals surface area (Å²) in [6.45, 7) is 3.16. The second kappa shape index (κ2) is 11.4. The average Bonchev–Trinajstić information content (AvgIpc) is 2.90. The number of benzene rings is 3. The molecule has 0 saturated heterocycles. The van der Waals surface area contributed by atoms with Crippen molar-refractivity contribution in [2.75, 3.05) is 26.5 Å². The van der Waals surface area contributed by atoms with E-state index in [0.717, 1.165) is 0 Å². The SMILES string of the molecule is C=C(C(=O)c1ccc(S(=O)(=O)NCC(=O)O)cc1)c1cc(C#Cc2ccccc2N)c(OC)cc1OC. The fourth-order valence-corrected chi connectivity index (χ4v) is 4.27. The normalized spacial score (nSPS) is 10.6. The molecule has 0 spiro atoms. The first kappa shape index (κ1) is 27.0. The van der Waals surface area contributed by atoms with Gasteiger partial charge in [-0.25, -0.2) is 8.42 Å². The van der Waals surface area contributed by atoms with E-state index in [-0.39, 0.29) is 16.0 Å². The summed E-state index contributed by atoms with van der Waals surface area (Å²) in [6.07, 6.45) is 0. The maximum atomic E-state index is 13.2. The molecule has 0 unspecified atom stereocenters. The molecule has 0 fully saturated rings. The number of rotatable bonds is 9. The Morgan fingerprint density at radius 1 is 0.973 bits per heavy atom. The Morgan fingerprint density at radius 3 is 2.19 bits per heavy atom. The minimum absolute atomic E-state index is 0.0846. The van der Waals surface area contributed by atoms with E-state index in [1.54, 1.807) is 30.3 Å². The van der Waals surface area contributed by atoms with Crippen molar-refractivity contribution in [1.82, 2.24) is 4.72 Å². The van der Waals surface area contributed by atoms with Crippen LogP contribution in [0.15, 0.2) is 72.1 Å². The van der Waals surface area contributed by atoms with Gasteiger partial charge in [-0.15, -0.1) is 0 Å². The molecule has 0 aliphatic rings. The fourth-order valence-electron chi connectivity index (χ4n) is 3.30. The lowest BCUT2D eigenvalue weighted by molar-refractivity contribution is -0.135. The molecule has 3 rings (SSSR count). The van der Waals surface area contributed by atoms with Gasteiger partial charge in [-0.05, 0) is 42.5 Å². The predicted molar refractivity (Wildman–Crippen MR) is 139 cm³/mol. The van der Waals surface area contributed by atoms with Crippen LogP contribution in [0.25, 0.3) is 5.57 Å². The number of sulfonamides is 1. The van der Waals surface area contributed by atoms with Crippen molar-refractivity contribution in [1.29, 1.82) is 0 Å². The number of ether oxygens (including phenoxy) is 2. The highest BCUT2D eigenvalue weighted by Crippen LogP contribution is 2.34. The fraction of sp³-hybridized carbons (Fsp3) is 0.111. The third-order valence-electron chi connectivity index (χ3n) is 5.25. The van der Waals surface area contributed by atoms with E-state index in [1.165, 1.54) is 38.5 Å². The number of Topliss-reactive ketones (excluding diaryl/α,β-unsaturated/α-hetero) is 1. The van der Waals surface area contributed by atoms with Gasteiger partial charge in [-0.1, -0.05) is 30.6 Å². The molecular formula is C27H24N2O7S. The lowest BCUT2D eigenvalue weighted by Crippen LogP contribution is -2.29. The van der Waals surface area contributed by atoms with Gasteiger partial charge >= 0.3 is 5.97 Å². The van der Waals surface area contributed by atoms with Crippen LogP contribution in [0.1, 0.15) is 27.0 Å². The van der Waals surface area contributed by atoms with E-state index in [4.69, 9.17) is 20.3 Å². The number of carbonyl (C=O) groups is 2. The molecule has 4 N–H and O–H groups in total. The van der Waals surface area contributed by atoms with Gasteiger partial charge in [0.1, 0.15) is 18.0 Å². The second-order valence-corrected chi connectivity index (χ2v) is 9.41. The van der Waals surface area contributed by atoms with Crippen LogP contribution >= 0.6 is 0 Å². The van der Waals surface area contributed by atoms with Crippen molar-refractivity contribution in [3.05, 3.63) is 89.5 Å². The van der Waals surface area contributed by atoms with Crippen LogP contribution in [-0.4, -0.2) is 46.0 Å². The van der Waals surface area contributed by atoms with Gasteiger partial charge in [0, 0.05) is 34.0 Å². The van der Waals surface area contributed by atoms with Crippen LogP contribution in [0.2, 0.25) is 0 Å². The Hall–Kier alpha value is -4.59. The molecule has 0 aliphatic carbocycles. The zero-order valence-electron chi connectivity index (χ0n) is 20.1. The largest absolute Gasteiger partial charge is 0.496 e. The number of allylic oxidation sites excluding steroid dienone is 1. The molecule has 0 aliphatic heterocycles. The third-order valence-corrected chi connectivity index (χ3v) is 6.67. The van der Waals surface area contributed by atoms with Gasteiger partial charge < -0.3 is 20.3 Å². The first-order valence-electron chi connectivity index (χ1n) is 10.8. The Kier molecular flexibility index (Phi) is 8.34. The van der Waals surface area contributed by atoms with E-state index in [2.05, 4.69) is 18.4 Å². The molecule has 0 heterocycles. The molecule has 37 heavy (non-hydrogen) atoms. The Labute approximate surface area is 214 Å². The number of nitrogens with two attached hydrogens (primary N) is 1. The van der Waals surface area contributed by atoms with E-state index >= 15 is 0 Å². The highest BCUT2D eigenvalue weighted by molar-refractivity contribution is 7.89. The van der Waals surface area contributed by atoms with Gasteiger partial charge in [0.2, 0.25) is 10.0 Å². The summed E-state index contributed by atoms with van der Waals surface area (Å²) in [4.78, 5) is 23.7. The van der Waals surface area contributed by atoms with Crippen LogP contribution < -0.4 is 19.9 Å². The number of nitrogen functional groups attached to an aromatic ring is 1. The Bertz CT molecular complexity index is 1530. The van der Waals surface area contributed by atoms with Gasteiger partial charge in [0.25, 0.3) is 0 Å². The average molecular weight is 521 g/mol. The van der Waals surface area contributed by atoms with E-state index in [0.29, 0.717) is 33.9 Å². The quantitative estimate of drug-likeness (QED) is 0.169. The number of carboxylic acid groups (broad SMARTS) is 1. The van der Waals surface area contributed by atoms with E-state index in [9.17, 15) is 18.0 Å². The number of methoxy groups -OCH3 is 2. The number of aliphatic carboxylic acids is 1. The number of carboxylic acids is 1. The number of anilines is 1. The highest BCUT2D eigenvalue weighted by atomic mass is 32.2. The van der Waals surface area contributed by atoms with Gasteiger partial charge in [0.15, 0.2) is 5.78 Å². The topological polar surface area (TPSA) is 145 Å². The highest BCUT2D eigenvalue weighted by Gasteiger charge is 2.20. The number of carbonyl (C=O) groups excluding carboxylic acids is 1. The van der Waals surface area contributed by atoms with Crippen molar-refractivity contribution in [3.8, 4) is 23.3 Å². The lowest BCUT2D eigenvalue weighted by atomic mass is 9.95. The van der Waals surface area contributed by atoms with Gasteiger partial charge in [-0.2, -0.15) is 4.72 Å². The molecule has 0 aromatic heterocycles. The Balaban J connectivity index is 1.95.